The molecule has 0 saturated heterocycles. The molecule has 1 saturated carbocycles. The van der Waals surface area contributed by atoms with Crippen molar-refractivity contribution in [1.82, 2.24) is 10.2 Å². The van der Waals surface area contributed by atoms with Gasteiger partial charge in [-0.1, -0.05) is 97.4 Å². The highest BCUT2D eigenvalue weighted by molar-refractivity contribution is 7.92. The summed E-state index contributed by atoms with van der Waals surface area (Å²) in [5.74, 6) is -0.763. The monoisotopic (exact) mass is 629 g/mol. The molecule has 0 spiro atoms. The van der Waals surface area contributed by atoms with E-state index in [1.165, 1.54) is 29.2 Å². The van der Waals surface area contributed by atoms with Gasteiger partial charge in [0.1, 0.15) is 12.6 Å². The summed E-state index contributed by atoms with van der Waals surface area (Å²) < 4.78 is 28.9. The van der Waals surface area contributed by atoms with Crippen LogP contribution in [-0.4, -0.2) is 43.8 Å². The van der Waals surface area contributed by atoms with Gasteiger partial charge in [-0.25, -0.2) is 8.42 Å². The SMILES string of the molecule is CC[C@@H](C(=O)NC1CCCCC1)N(Cc1cccc(C)c1)C(=O)CN(c1cc(Cl)ccc1Cl)S(=O)(=O)c1ccccc1. The van der Waals surface area contributed by atoms with E-state index in [-0.39, 0.29) is 39.1 Å². The van der Waals surface area contributed by atoms with Crippen LogP contribution >= 0.6 is 23.2 Å². The molecule has 0 aliphatic heterocycles. The Labute approximate surface area is 258 Å². The maximum absolute atomic E-state index is 14.3. The number of nitrogens with one attached hydrogen (secondary N) is 1. The molecular weight excluding hydrogens is 593 g/mol. The first-order valence-electron chi connectivity index (χ1n) is 14.3. The van der Waals surface area contributed by atoms with Crippen molar-refractivity contribution >= 4 is 50.7 Å². The standard InChI is InChI=1S/C32H37Cl2N3O4S/c1-3-29(32(39)35-26-13-6-4-7-14-26)36(21-24-12-10-11-23(2)19-24)31(38)22-37(30-20-25(33)17-18-28(30)34)42(40,41)27-15-8-5-9-16-27/h5,8-12,15-20,26,29H,3-4,6-7,13-14,21-22H2,1-2H3,(H,35,39)/t29-/m0/s1. The summed E-state index contributed by atoms with van der Waals surface area (Å²) in [7, 11) is -4.23. The van der Waals surface area contributed by atoms with Crippen LogP contribution < -0.4 is 9.62 Å². The lowest BCUT2D eigenvalue weighted by atomic mass is 9.95. The van der Waals surface area contributed by atoms with Crippen molar-refractivity contribution in [2.24, 2.45) is 0 Å². The number of hydrogen-bond acceptors (Lipinski definition) is 4. The number of nitrogens with zero attached hydrogens (tertiary/aromatic N) is 2. The zero-order valence-corrected chi connectivity index (χ0v) is 26.3. The Morgan fingerprint density at radius 1 is 0.952 bits per heavy atom. The van der Waals surface area contributed by atoms with E-state index in [4.69, 9.17) is 23.2 Å². The molecule has 4 rings (SSSR count). The number of halogens is 2. The molecule has 0 unspecified atom stereocenters. The molecule has 3 aromatic rings. The Morgan fingerprint density at radius 3 is 2.33 bits per heavy atom. The van der Waals surface area contributed by atoms with E-state index >= 15 is 0 Å². The third-order valence-electron chi connectivity index (χ3n) is 7.56. The number of rotatable bonds is 11. The number of hydrogen-bond donors (Lipinski definition) is 1. The predicted molar refractivity (Wildman–Crippen MR) is 168 cm³/mol. The molecule has 3 aromatic carbocycles. The van der Waals surface area contributed by atoms with Gasteiger partial charge in [0.2, 0.25) is 11.8 Å². The normalized spacial score (nSPS) is 14.7. The predicted octanol–water partition coefficient (Wildman–Crippen LogP) is 6.75. The summed E-state index contributed by atoms with van der Waals surface area (Å²) >= 11 is 12.7. The fourth-order valence-electron chi connectivity index (χ4n) is 5.38. The van der Waals surface area contributed by atoms with E-state index in [2.05, 4.69) is 5.32 Å². The Morgan fingerprint density at radius 2 is 1.67 bits per heavy atom. The molecule has 1 aliphatic rings. The summed E-state index contributed by atoms with van der Waals surface area (Å²) in [6.07, 6.45) is 5.44. The number of carbonyl (C=O) groups is 2. The van der Waals surface area contributed by atoms with E-state index in [1.807, 2.05) is 38.1 Å². The number of anilines is 1. The molecule has 7 nitrogen and oxygen atoms in total. The number of benzene rings is 3. The van der Waals surface area contributed by atoms with Crippen LogP contribution in [0.15, 0.2) is 77.7 Å². The van der Waals surface area contributed by atoms with Gasteiger partial charge in [0.15, 0.2) is 0 Å². The Hall–Kier alpha value is -3.07. The van der Waals surface area contributed by atoms with Crippen LogP contribution in [-0.2, 0) is 26.2 Å². The first kappa shape index (κ1) is 31.9. The lowest BCUT2D eigenvalue weighted by molar-refractivity contribution is -0.140. The van der Waals surface area contributed by atoms with E-state index < -0.39 is 28.5 Å². The van der Waals surface area contributed by atoms with Crippen LogP contribution in [0, 0.1) is 6.92 Å². The molecule has 224 valence electrons. The third kappa shape index (κ3) is 7.85. The van der Waals surface area contributed by atoms with Crippen LogP contribution in [0.2, 0.25) is 10.0 Å². The van der Waals surface area contributed by atoms with Gasteiger partial charge in [0, 0.05) is 17.6 Å². The third-order valence-corrected chi connectivity index (χ3v) is 9.89. The Bertz CT molecular complexity index is 1490. The Kier molecular flexibility index (Phi) is 10.9. The Balaban J connectivity index is 1.73. The number of amides is 2. The van der Waals surface area contributed by atoms with Gasteiger partial charge in [0.25, 0.3) is 10.0 Å². The fraction of sp³-hybridized carbons (Fsp3) is 0.375. The molecule has 0 bridgehead atoms. The van der Waals surface area contributed by atoms with E-state index in [0.29, 0.717) is 6.42 Å². The molecular formula is C32H37Cl2N3O4S. The van der Waals surface area contributed by atoms with Gasteiger partial charge in [0.05, 0.1) is 15.6 Å². The highest BCUT2D eigenvalue weighted by atomic mass is 35.5. The van der Waals surface area contributed by atoms with Crippen LogP contribution in [0.3, 0.4) is 0 Å². The van der Waals surface area contributed by atoms with Crippen LogP contribution in [0.5, 0.6) is 0 Å². The highest BCUT2D eigenvalue weighted by Crippen LogP contribution is 2.33. The van der Waals surface area contributed by atoms with Crippen LogP contribution in [0.1, 0.15) is 56.6 Å². The quantitative estimate of drug-likeness (QED) is 0.254. The average molecular weight is 631 g/mol. The van der Waals surface area contributed by atoms with Gasteiger partial charge in [-0.05, 0) is 62.1 Å². The minimum Gasteiger partial charge on any atom is -0.352 e. The number of sulfonamides is 1. The minimum atomic E-state index is -4.23. The van der Waals surface area contributed by atoms with Crippen molar-refractivity contribution in [2.75, 3.05) is 10.8 Å². The lowest BCUT2D eigenvalue weighted by Gasteiger charge is -2.34. The molecule has 42 heavy (non-hydrogen) atoms. The first-order chi connectivity index (χ1) is 20.1. The zero-order chi connectivity index (χ0) is 30.3. The summed E-state index contributed by atoms with van der Waals surface area (Å²) in [6.45, 7) is 3.38. The van der Waals surface area contributed by atoms with Gasteiger partial charge < -0.3 is 10.2 Å². The first-order valence-corrected chi connectivity index (χ1v) is 16.5. The molecule has 10 heteroatoms. The molecule has 2 amide bonds. The second-order valence-corrected chi connectivity index (χ2v) is 13.4. The maximum atomic E-state index is 14.3. The molecule has 1 atom stereocenters. The summed E-state index contributed by atoms with van der Waals surface area (Å²) in [6, 6.07) is 19.3. The molecule has 0 radical (unpaired) electrons. The van der Waals surface area contributed by atoms with Gasteiger partial charge in [-0.15, -0.1) is 0 Å². The van der Waals surface area contributed by atoms with E-state index in [0.717, 1.165) is 47.5 Å². The van der Waals surface area contributed by atoms with Crippen molar-refractivity contribution in [2.45, 2.75) is 75.9 Å². The second kappa shape index (κ2) is 14.4. The van der Waals surface area contributed by atoms with Crippen molar-refractivity contribution in [1.29, 1.82) is 0 Å². The molecule has 0 aromatic heterocycles. The highest BCUT2D eigenvalue weighted by Gasteiger charge is 2.35. The van der Waals surface area contributed by atoms with Crippen molar-refractivity contribution in [3.63, 3.8) is 0 Å². The summed E-state index contributed by atoms with van der Waals surface area (Å²) in [5, 5.41) is 3.55. The maximum Gasteiger partial charge on any atom is 0.264 e. The van der Waals surface area contributed by atoms with Crippen LogP contribution in [0.25, 0.3) is 0 Å². The largest absolute Gasteiger partial charge is 0.352 e. The number of carbonyl (C=O) groups excluding carboxylic acids is 2. The molecule has 1 aliphatic carbocycles. The smallest absolute Gasteiger partial charge is 0.264 e. The van der Waals surface area contributed by atoms with Gasteiger partial charge in [-0.3, -0.25) is 13.9 Å². The molecule has 1 N–H and O–H groups in total. The van der Waals surface area contributed by atoms with Crippen molar-refractivity contribution < 1.29 is 18.0 Å². The van der Waals surface area contributed by atoms with E-state index in [1.54, 1.807) is 24.3 Å². The van der Waals surface area contributed by atoms with Crippen molar-refractivity contribution in [3.05, 3.63) is 94.0 Å². The van der Waals surface area contributed by atoms with Crippen LogP contribution in [0.4, 0.5) is 5.69 Å². The minimum absolute atomic E-state index is 0.00107. The van der Waals surface area contributed by atoms with Crippen molar-refractivity contribution in [3.8, 4) is 0 Å². The topological polar surface area (TPSA) is 86.8 Å². The molecule has 0 heterocycles. The fourth-order valence-corrected chi connectivity index (χ4v) is 7.26. The van der Waals surface area contributed by atoms with E-state index in [9.17, 15) is 18.0 Å². The summed E-state index contributed by atoms with van der Waals surface area (Å²) in [5.41, 5.74) is 1.93. The summed E-state index contributed by atoms with van der Waals surface area (Å²) in [4.78, 5) is 29.4. The molecule has 1 fully saturated rings. The second-order valence-electron chi connectivity index (χ2n) is 10.7. The zero-order valence-electron chi connectivity index (χ0n) is 23.9. The average Bonchev–Trinajstić information content (AvgIpc) is 2.98. The van der Waals surface area contributed by atoms with Gasteiger partial charge in [-0.2, -0.15) is 0 Å². The number of aryl methyl sites for hydroxylation is 1. The van der Waals surface area contributed by atoms with Gasteiger partial charge >= 0.3 is 0 Å². The lowest BCUT2D eigenvalue weighted by Crippen LogP contribution is -2.54.